The summed E-state index contributed by atoms with van der Waals surface area (Å²) < 4.78 is 0. The average molecular weight is 500 g/mol. The van der Waals surface area contributed by atoms with E-state index in [4.69, 9.17) is 0 Å². The number of nitrogens with zero attached hydrogens (tertiary/aromatic N) is 1. The Morgan fingerprint density at radius 1 is 1.11 bits per heavy atom. The molecule has 1 aromatic rings. The van der Waals surface area contributed by atoms with E-state index in [9.17, 15) is 30.0 Å². The summed E-state index contributed by atoms with van der Waals surface area (Å²) in [4.78, 5) is 28.8. The minimum atomic E-state index is -2.31. The molecule has 2 saturated carbocycles. The molecule has 5 rings (SSSR count). The molecule has 4 N–H and O–H groups in total. The number of hydrogen-bond donors (Lipinski definition) is 4. The number of ketones is 2. The number of aliphatic hydroxyl groups is 3. The van der Waals surface area contributed by atoms with Crippen LogP contribution in [-0.4, -0.2) is 73.6 Å². The summed E-state index contributed by atoms with van der Waals surface area (Å²) in [6.07, 6.45) is 4.97. The van der Waals surface area contributed by atoms with Crippen LogP contribution in [0.1, 0.15) is 56.1 Å². The van der Waals surface area contributed by atoms with Crippen molar-refractivity contribution in [3.8, 4) is 5.75 Å². The van der Waals surface area contributed by atoms with Crippen LogP contribution in [0.15, 0.2) is 35.1 Å². The van der Waals surface area contributed by atoms with Crippen LogP contribution in [0.3, 0.4) is 0 Å². The highest BCUT2D eigenvalue weighted by molar-refractivity contribution is 7.99. The molecule has 0 heterocycles. The van der Waals surface area contributed by atoms with Crippen molar-refractivity contribution in [2.75, 3.05) is 19.8 Å². The molecular weight excluding hydrogens is 466 g/mol. The molecular formula is C27H33NO6S. The molecule has 5 atom stereocenters. The Morgan fingerprint density at radius 2 is 1.80 bits per heavy atom. The van der Waals surface area contributed by atoms with Gasteiger partial charge in [-0.1, -0.05) is 25.0 Å². The van der Waals surface area contributed by atoms with Gasteiger partial charge in [-0.3, -0.25) is 14.5 Å². The molecule has 0 amide bonds. The van der Waals surface area contributed by atoms with Crippen molar-refractivity contribution >= 4 is 29.1 Å². The number of phenolic OH excluding ortho intramolecular Hbond substituents is 1. The molecule has 0 aromatic heterocycles. The van der Waals surface area contributed by atoms with Crippen molar-refractivity contribution in [3.05, 3.63) is 46.2 Å². The number of hydrogen-bond acceptors (Lipinski definition) is 8. The normalized spacial score (nSPS) is 33.3. The van der Waals surface area contributed by atoms with E-state index in [0.717, 1.165) is 18.4 Å². The van der Waals surface area contributed by atoms with Crippen molar-refractivity contribution in [1.29, 1.82) is 0 Å². The Hall–Kier alpha value is -2.29. The molecule has 0 saturated heterocycles. The van der Waals surface area contributed by atoms with E-state index in [1.165, 1.54) is 25.8 Å². The van der Waals surface area contributed by atoms with Crippen LogP contribution in [0, 0.1) is 11.8 Å². The second-order valence-corrected chi connectivity index (χ2v) is 12.0. The Kier molecular flexibility index (Phi) is 6.05. The lowest BCUT2D eigenvalue weighted by atomic mass is 9.56. The Morgan fingerprint density at radius 3 is 2.46 bits per heavy atom. The minimum absolute atomic E-state index is 0.0401. The Balaban J connectivity index is 1.66. The van der Waals surface area contributed by atoms with Gasteiger partial charge in [-0.2, -0.15) is 11.8 Å². The zero-order valence-electron chi connectivity index (χ0n) is 20.3. The van der Waals surface area contributed by atoms with Crippen LogP contribution >= 0.6 is 11.8 Å². The molecule has 4 aliphatic carbocycles. The smallest absolute Gasteiger partial charge is 0.202 e. The average Bonchev–Trinajstić information content (AvgIpc) is 3.33. The van der Waals surface area contributed by atoms with E-state index in [2.05, 4.69) is 0 Å². The summed E-state index contributed by atoms with van der Waals surface area (Å²) in [6, 6.07) is 4.32. The Labute approximate surface area is 209 Å². The van der Waals surface area contributed by atoms with E-state index >= 15 is 0 Å². The van der Waals surface area contributed by atoms with Gasteiger partial charge >= 0.3 is 0 Å². The molecule has 7 nitrogen and oxygen atoms in total. The molecule has 0 spiro atoms. The van der Waals surface area contributed by atoms with Crippen LogP contribution in [0.2, 0.25) is 0 Å². The van der Waals surface area contributed by atoms with Gasteiger partial charge in [-0.05, 0) is 57.8 Å². The van der Waals surface area contributed by atoms with Gasteiger partial charge in [0.1, 0.15) is 17.3 Å². The quantitative estimate of drug-likeness (QED) is 0.495. The largest absolute Gasteiger partial charge is 0.508 e. The third kappa shape index (κ3) is 3.48. The Bertz CT molecular complexity index is 1150. The molecule has 0 aliphatic heterocycles. The number of phenols is 1. The predicted octanol–water partition coefficient (Wildman–Crippen LogP) is 3.72. The topological polar surface area (TPSA) is 118 Å². The number of rotatable bonds is 4. The fourth-order valence-corrected chi connectivity index (χ4v) is 8.33. The van der Waals surface area contributed by atoms with Gasteiger partial charge in [0.05, 0.1) is 11.6 Å². The molecule has 1 aromatic carbocycles. The maximum Gasteiger partial charge on any atom is 0.202 e. The van der Waals surface area contributed by atoms with Gasteiger partial charge in [0.2, 0.25) is 5.78 Å². The minimum Gasteiger partial charge on any atom is -0.508 e. The van der Waals surface area contributed by atoms with E-state index < -0.39 is 35.0 Å². The molecule has 188 valence electrons. The highest BCUT2D eigenvalue weighted by Gasteiger charge is 2.64. The summed E-state index contributed by atoms with van der Waals surface area (Å²) in [5.74, 6) is -2.98. The molecule has 0 bridgehead atoms. The zero-order valence-corrected chi connectivity index (χ0v) is 21.1. The number of fused-ring (bicyclic) bond motifs is 3. The van der Waals surface area contributed by atoms with Gasteiger partial charge in [0, 0.05) is 34.0 Å². The van der Waals surface area contributed by atoms with Gasteiger partial charge in [0.25, 0.3) is 0 Å². The first-order valence-corrected chi connectivity index (χ1v) is 13.4. The summed E-state index contributed by atoms with van der Waals surface area (Å²) in [6.45, 7) is 1.42. The standard InChI is InChI=1S/C27H33NO6S/c1-13-23(30)22(28(2)3)18-11-16-17(12-35-14-7-4-5-8-14)15-9-6-10-19(29)20(15)24(31)21(16)26(33)27(18,34)25(13)32/h6,9-10,14,16-18,22,29,31-32,34H,4-5,7-8,11-12H2,1-3H3. The van der Waals surface area contributed by atoms with Crippen molar-refractivity contribution in [1.82, 2.24) is 4.90 Å². The number of carbonyl (C=O) groups excluding carboxylic acids is 2. The van der Waals surface area contributed by atoms with E-state index in [1.807, 2.05) is 17.8 Å². The van der Waals surface area contributed by atoms with E-state index in [1.54, 1.807) is 25.1 Å². The van der Waals surface area contributed by atoms with E-state index in [-0.39, 0.29) is 46.3 Å². The molecule has 5 unspecified atom stereocenters. The van der Waals surface area contributed by atoms with Gasteiger partial charge in [-0.15, -0.1) is 0 Å². The number of likely N-dealkylation sites (N-methyl/N-ethyl adjacent to an activating group) is 1. The van der Waals surface area contributed by atoms with Crippen LogP contribution in [-0.2, 0) is 9.59 Å². The molecule has 2 fully saturated rings. The van der Waals surface area contributed by atoms with Crippen molar-refractivity contribution in [2.24, 2.45) is 11.8 Å². The molecule has 4 aliphatic rings. The number of Topliss-reactive ketones (excluding diaryl/α,β-unsaturated/α-hetero) is 2. The van der Waals surface area contributed by atoms with E-state index in [0.29, 0.717) is 11.0 Å². The lowest BCUT2D eigenvalue weighted by Gasteiger charge is -2.51. The van der Waals surface area contributed by atoms with Gasteiger partial charge in [-0.25, -0.2) is 0 Å². The maximum atomic E-state index is 14.0. The predicted molar refractivity (Wildman–Crippen MR) is 134 cm³/mol. The van der Waals surface area contributed by atoms with Crippen LogP contribution < -0.4 is 0 Å². The first kappa shape index (κ1) is 24.4. The second kappa shape index (κ2) is 8.68. The number of benzene rings is 1. The molecule has 35 heavy (non-hydrogen) atoms. The van der Waals surface area contributed by atoms with Crippen molar-refractivity contribution < 1.29 is 30.0 Å². The van der Waals surface area contributed by atoms with Gasteiger partial charge < -0.3 is 20.4 Å². The van der Waals surface area contributed by atoms with Crippen molar-refractivity contribution in [2.45, 2.75) is 61.8 Å². The third-order valence-electron chi connectivity index (χ3n) is 8.56. The highest BCUT2D eigenvalue weighted by atomic mass is 32.2. The van der Waals surface area contributed by atoms with Crippen molar-refractivity contribution in [3.63, 3.8) is 0 Å². The van der Waals surface area contributed by atoms with Gasteiger partial charge in [0.15, 0.2) is 11.4 Å². The zero-order chi connectivity index (χ0) is 25.2. The number of aromatic hydroxyl groups is 1. The lowest BCUT2D eigenvalue weighted by molar-refractivity contribution is -0.153. The second-order valence-electron chi connectivity index (χ2n) is 10.6. The number of thioether (sulfide) groups is 1. The number of aliphatic hydroxyl groups excluding tert-OH is 2. The lowest BCUT2D eigenvalue weighted by Crippen LogP contribution is -2.65. The summed E-state index contributed by atoms with van der Waals surface area (Å²) >= 11 is 1.86. The first-order chi connectivity index (χ1) is 16.6. The summed E-state index contributed by atoms with van der Waals surface area (Å²) in [5, 5.41) is 45.2. The fourth-order valence-electron chi connectivity index (χ4n) is 6.77. The van der Waals surface area contributed by atoms with Crippen LogP contribution in [0.4, 0.5) is 0 Å². The first-order valence-electron chi connectivity index (χ1n) is 12.3. The summed E-state index contributed by atoms with van der Waals surface area (Å²) in [5.41, 5.74) is -1.30. The summed E-state index contributed by atoms with van der Waals surface area (Å²) in [7, 11) is 3.46. The number of carbonyl (C=O) groups is 2. The van der Waals surface area contributed by atoms with Crippen LogP contribution in [0.25, 0.3) is 5.76 Å². The maximum absolute atomic E-state index is 14.0. The van der Waals surface area contributed by atoms with Crippen LogP contribution in [0.5, 0.6) is 5.75 Å². The molecule has 8 heteroatoms. The highest BCUT2D eigenvalue weighted by Crippen LogP contribution is 2.56. The molecule has 0 radical (unpaired) electrons. The third-order valence-corrected chi connectivity index (χ3v) is 10.1. The fraction of sp³-hybridized carbons (Fsp3) is 0.556. The SMILES string of the molecule is CC1=C(O)C2(O)C(=O)C3=C(O)c4c(O)cccc4C(CSC4CCCC4)C3CC2C(N(C)C)C1=O. The monoisotopic (exact) mass is 499 g/mol.